The van der Waals surface area contributed by atoms with Crippen LogP contribution in [0.1, 0.15) is 20.3 Å². The molecule has 1 atom stereocenters. The molecule has 0 aliphatic carbocycles. The van der Waals surface area contributed by atoms with Crippen LogP contribution in [-0.2, 0) is 0 Å². The average molecular weight is 237 g/mol. The molecule has 1 rings (SSSR count). The lowest BCUT2D eigenvalue weighted by Crippen LogP contribution is -2.32. The first kappa shape index (κ1) is 13.4. The molecule has 1 aromatic rings. The van der Waals surface area contributed by atoms with E-state index in [9.17, 15) is 9.90 Å². The molecule has 0 spiro atoms. The monoisotopic (exact) mass is 237 g/mol. The number of amides is 2. The highest BCUT2D eigenvalue weighted by Gasteiger charge is 2.09. The van der Waals surface area contributed by atoms with E-state index >= 15 is 0 Å². The molecule has 1 unspecified atom stereocenters. The van der Waals surface area contributed by atoms with Crippen LogP contribution in [0.3, 0.4) is 0 Å². The lowest BCUT2D eigenvalue weighted by molar-refractivity contribution is 0.117. The minimum absolute atomic E-state index is 0.207. The highest BCUT2D eigenvalue weighted by atomic mass is 16.3. The van der Waals surface area contributed by atoms with Crippen molar-refractivity contribution >= 4 is 11.7 Å². The second-order valence-corrected chi connectivity index (χ2v) is 4.22. The number of anilines is 1. The molecule has 0 bridgehead atoms. The Labute approximate surface area is 101 Å². The van der Waals surface area contributed by atoms with Gasteiger partial charge in [-0.2, -0.15) is 0 Å². The van der Waals surface area contributed by atoms with Crippen molar-refractivity contribution in [1.82, 2.24) is 10.3 Å². The number of carbonyl (C=O) groups is 1. The van der Waals surface area contributed by atoms with E-state index in [-0.39, 0.29) is 18.1 Å². The van der Waals surface area contributed by atoms with Gasteiger partial charge >= 0.3 is 6.03 Å². The summed E-state index contributed by atoms with van der Waals surface area (Å²) in [6.07, 6.45) is 3.39. The molecule has 1 heterocycles. The van der Waals surface area contributed by atoms with E-state index in [2.05, 4.69) is 15.6 Å². The van der Waals surface area contributed by atoms with Gasteiger partial charge in [0.1, 0.15) is 0 Å². The van der Waals surface area contributed by atoms with Crippen LogP contribution >= 0.6 is 0 Å². The van der Waals surface area contributed by atoms with E-state index in [0.29, 0.717) is 18.7 Å². The summed E-state index contributed by atoms with van der Waals surface area (Å²) in [5, 5.41) is 14.9. The fourth-order valence-electron chi connectivity index (χ4n) is 1.28. The Morgan fingerprint density at radius 1 is 1.53 bits per heavy atom. The molecular weight excluding hydrogens is 218 g/mol. The highest BCUT2D eigenvalue weighted by molar-refractivity contribution is 5.88. The molecule has 5 nitrogen and oxygen atoms in total. The number of aromatic nitrogens is 1. The van der Waals surface area contributed by atoms with Crippen molar-refractivity contribution in [3.63, 3.8) is 0 Å². The Hall–Kier alpha value is -1.62. The van der Waals surface area contributed by atoms with Gasteiger partial charge in [0.25, 0.3) is 0 Å². The number of carbonyl (C=O) groups excluding carboxylic acids is 1. The Balaban J connectivity index is 2.22. The third kappa shape index (κ3) is 5.31. The van der Waals surface area contributed by atoms with Crippen LogP contribution in [0.25, 0.3) is 0 Å². The lowest BCUT2D eigenvalue weighted by Gasteiger charge is -2.14. The topological polar surface area (TPSA) is 74.2 Å². The zero-order valence-corrected chi connectivity index (χ0v) is 10.2. The Kier molecular flexibility index (Phi) is 5.42. The van der Waals surface area contributed by atoms with Gasteiger partial charge in [0.05, 0.1) is 18.0 Å². The van der Waals surface area contributed by atoms with Gasteiger partial charge in [-0.15, -0.1) is 0 Å². The van der Waals surface area contributed by atoms with Crippen molar-refractivity contribution in [3.8, 4) is 0 Å². The fourth-order valence-corrected chi connectivity index (χ4v) is 1.28. The maximum Gasteiger partial charge on any atom is 0.319 e. The highest BCUT2D eigenvalue weighted by Crippen LogP contribution is 2.04. The van der Waals surface area contributed by atoms with Gasteiger partial charge in [-0.1, -0.05) is 13.8 Å². The zero-order chi connectivity index (χ0) is 12.7. The SMILES string of the molecule is CC(C)C(O)CCNC(=O)Nc1cccnc1. The number of aliphatic hydroxyl groups excluding tert-OH is 1. The molecule has 0 fully saturated rings. The van der Waals surface area contributed by atoms with E-state index in [1.807, 2.05) is 13.8 Å². The van der Waals surface area contributed by atoms with E-state index in [1.165, 1.54) is 0 Å². The number of hydrogen-bond acceptors (Lipinski definition) is 3. The molecule has 0 aliphatic rings. The maximum atomic E-state index is 11.4. The third-order valence-corrected chi connectivity index (χ3v) is 2.41. The van der Waals surface area contributed by atoms with E-state index in [4.69, 9.17) is 0 Å². The minimum Gasteiger partial charge on any atom is -0.393 e. The van der Waals surface area contributed by atoms with Crippen molar-refractivity contribution in [2.45, 2.75) is 26.4 Å². The molecule has 1 aromatic heterocycles. The Bertz CT molecular complexity index is 341. The first-order valence-electron chi connectivity index (χ1n) is 5.72. The predicted molar refractivity (Wildman–Crippen MR) is 66.7 cm³/mol. The summed E-state index contributed by atoms with van der Waals surface area (Å²) in [5.74, 6) is 0.207. The van der Waals surface area contributed by atoms with Crippen molar-refractivity contribution < 1.29 is 9.90 Å². The van der Waals surface area contributed by atoms with Gasteiger partial charge in [-0.3, -0.25) is 4.98 Å². The summed E-state index contributed by atoms with van der Waals surface area (Å²) in [7, 11) is 0. The number of urea groups is 1. The average Bonchev–Trinajstić information content (AvgIpc) is 2.30. The summed E-state index contributed by atoms with van der Waals surface area (Å²) in [5.41, 5.74) is 0.648. The van der Waals surface area contributed by atoms with Crippen LogP contribution in [-0.4, -0.2) is 28.8 Å². The normalized spacial score (nSPS) is 12.2. The molecule has 94 valence electrons. The first-order chi connectivity index (χ1) is 8.09. The predicted octanol–water partition coefficient (Wildman–Crippen LogP) is 1.61. The molecule has 0 saturated heterocycles. The number of nitrogens with one attached hydrogen (secondary N) is 2. The summed E-state index contributed by atoms with van der Waals surface area (Å²) in [4.78, 5) is 15.3. The van der Waals surface area contributed by atoms with Crippen molar-refractivity contribution in [2.24, 2.45) is 5.92 Å². The second-order valence-electron chi connectivity index (χ2n) is 4.22. The number of pyridine rings is 1. The minimum atomic E-state index is -0.381. The smallest absolute Gasteiger partial charge is 0.319 e. The van der Waals surface area contributed by atoms with Crippen molar-refractivity contribution in [1.29, 1.82) is 0 Å². The van der Waals surface area contributed by atoms with Crippen LogP contribution < -0.4 is 10.6 Å². The fraction of sp³-hybridized carbons (Fsp3) is 0.500. The van der Waals surface area contributed by atoms with Gasteiger partial charge < -0.3 is 15.7 Å². The third-order valence-electron chi connectivity index (χ3n) is 2.41. The Morgan fingerprint density at radius 2 is 2.29 bits per heavy atom. The summed E-state index contributed by atoms with van der Waals surface area (Å²) < 4.78 is 0. The van der Waals surface area contributed by atoms with Crippen molar-refractivity contribution in [2.75, 3.05) is 11.9 Å². The van der Waals surface area contributed by atoms with Gasteiger partial charge in [0, 0.05) is 12.7 Å². The lowest BCUT2D eigenvalue weighted by atomic mass is 10.0. The second kappa shape index (κ2) is 6.85. The van der Waals surface area contributed by atoms with Gasteiger partial charge in [-0.05, 0) is 24.5 Å². The maximum absolute atomic E-state index is 11.4. The number of hydrogen-bond donors (Lipinski definition) is 3. The molecule has 0 saturated carbocycles. The largest absolute Gasteiger partial charge is 0.393 e. The molecule has 0 radical (unpaired) electrons. The number of rotatable bonds is 5. The summed E-state index contributed by atoms with van der Waals surface area (Å²) in [6, 6.07) is 3.22. The van der Waals surface area contributed by atoms with E-state index < -0.39 is 0 Å². The van der Waals surface area contributed by atoms with Crippen LogP contribution in [0.15, 0.2) is 24.5 Å². The quantitative estimate of drug-likeness (QED) is 0.728. The van der Waals surface area contributed by atoms with Gasteiger partial charge in [0.2, 0.25) is 0 Å². The van der Waals surface area contributed by atoms with Crippen LogP contribution in [0.2, 0.25) is 0 Å². The van der Waals surface area contributed by atoms with Crippen LogP contribution in [0, 0.1) is 5.92 Å². The molecule has 5 heteroatoms. The van der Waals surface area contributed by atoms with Gasteiger partial charge in [-0.25, -0.2) is 4.79 Å². The van der Waals surface area contributed by atoms with E-state index in [1.54, 1.807) is 24.5 Å². The summed E-state index contributed by atoms with van der Waals surface area (Å²) >= 11 is 0. The zero-order valence-electron chi connectivity index (χ0n) is 10.2. The molecule has 17 heavy (non-hydrogen) atoms. The number of aliphatic hydroxyl groups is 1. The number of nitrogens with zero attached hydrogens (tertiary/aromatic N) is 1. The molecule has 0 aliphatic heterocycles. The standard InChI is InChI=1S/C12H19N3O2/c1-9(2)11(16)5-7-14-12(17)15-10-4-3-6-13-8-10/h3-4,6,8-9,11,16H,5,7H2,1-2H3,(H2,14,15,17). The van der Waals surface area contributed by atoms with Crippen LogP contribution in [0.4, 0.5) is 10.5 Å². The van der Waals surface area contributed by atoms with E-state index in [0.717, 1.165) is 0 Å². The first-order valence-corrected chi connectivity index (χ1v) is 5.72. The Morgan fingerprint density at radius 3 is 2.88 bits per heavy atom. The molecule has 2 amide bonds. The van der Waals surface area contributed by atoms with Crippen molar-refractivity contribution in [3.05, 3.63) is 24.5 Å². The molecular formula is C12H19N3O2. The van der Waals surface area contributed by atoms with Crippen LogP contribution in [0.5, 0.6) is 0 Å². The molecule has 0 aromatic carbocycles. The van der Waals surface area contributed by atoms with Gasteiger partial charge in [0.15, 0.2) is 0 Å². The summed E-state index contributed by atoms with van der Waals surface area (Å²) in [6.45, 7) is 4.34. The molecule has 3 N–H and O–H groups in total.